The number of nitrogens with zero attached hydrogens (tertiary/aromatic N) is 1. The van der Waals surface area contributed by atoms with Gasteiger partial charge in [-0.15, -0.1) is 11.8 Å². The average Bonchev–Trinajstić information content (AvgIpc) is 2.96. The third kappa shape index (κ3) is 6.93. The number of benzene rings is 2. The van der Waals surface area contributed by atoms with E-state index in [2.05, 4.69) is 18.7 Å². The molecular weight excluding hydrogens is 517 g/mol. The molecule has 0 spiro atoms. The molecule has 1 aliphatic heterocycles. The van der Waals surface area contributed by atoms with Crippen LogP contribution >= 0.6 is 22.4 Å². The van der Waals surface area contributed by atoms with E-state index >= 15 is 0 Å². The van der Waals surface area contributed by atoms with Crippen molar-refractivity contribution in [2.45, 2.75) is 62.2 Å². The minimum Gasteiger partial charge on any atom is -0.508 e. The zero-order chi connectivity index (χ0) is 27.2. The minimum absolute atomic E-state index is 0.132. The van der Waals surface area contributed by atoms with Crippen molar-refractivity contribution in [1.29, 1.82) is 0 Å². The van der Waals surface area contributed by atoms with Gasteiger partial charge in [0.1, 0.15) is 17.8 Å². The molecule has 1 aliphatic rings. The Kier molecular flexibility index (Phi) is 9.80. The predicted molar refractivity (Wildman–Crippen MR) is 148 cm³/mol. The lowest BCUT2D eigenvalue weighted by molar-refractivity contribution is -0.134. The molecule has 0 unspecified atom stereocenters. The second-order valence-electron chi connectivity index (χ2n) is 9.48. The molecule has 0 saturated carbocycles. The maximum absolute atomic E-state index is 13.7. The van der Waals surface area contributed by atoms with Crippen molar-refractivity contribution in [2.75, 3.05) is 23.5 Å². The fourth-order valence-electron chi connectivity index (χ4n) is 4.79. The van der Waals surface area contributed by atoms with E-state index in [1.54, 1.807) is 36.6 Å². The van der Waals surface area contributed by atoms with Crippen molar-refractivity contribution in [3.63, 3.8) is 0 Å². The fraction of sp³-hybridized carbons (Fsp3) is 0.444. The van der Waals surface area contributed by atoms with Crippen LogP contribution in [0.4, 0.5) is 15.8 Å². The number of carbonyl (C=O) groups is 1. The van der Waals surface area contributed by atoms with E-state index in [1.165, 1.54) is 17.8 Å². The molecule has 3 rings (SSSR count). The van der Waals surface area contributed by atoms with Gasteiger partial charge in [0.05, 0.1) is 15.5 Å². The summed E-state index contributed by atoms with van der Waals surface area (Å²) in [5.41, 5.74) is 1.02. The molecule has 1 heterocycles. The van der Waals surface area contributed by atoms with E-state index in [-0.39, 0.29) is 27.6 Å². The lowest BCUT2D eigenvalue weighted by Gasteiger charge is -2.42. The van der Waals surface area contributed by atoms with E-state index < -0.39 is 22.4 Å². The molecule has 0 amide bonds. The number of aromatic hydroxyl groups is 1. The van der Waals surface area contributed by atoms with Gasteiger partial charge >= 0.3 is 5.97 Å². The van der Waals surface area contributed by atoms with E-state index in [9.17, 15) is 23.4 Å². The van der Waals surface area contributed by atoms with Crippen LogP contribution in [-0.2, 0) is 4.79 Å². The highest BCUT2D eigenvalue weighted by molar-refractivity contribution is 8.24. The van der Waals surface area contributed by atoms with Gasteiger partial charge in [0.25, 0.3) is 0 Å². The summed E-state index contributed by atoms with van der Waals surface area (Å²) in [6.07, 6.45) is 7.82. The van der Waals surface area contributed by atoms with Crippen LogP contribution in [0.2, 0.25) is 0 Å². The van der Waals surface area contributed by atoms with Gasteiger partial charge in [-0.1, -0.05) is 39.5 Å². The van der Waals surface area contributed by atoms with Crippen LogP contribution < -0.4 is 9.64 Å². The number of phenolic OH excluding ortho intramolecular Hbond substituents is 1. The third-order valence-electron chi connectivity index (χ3n) is 6.67. The Balaban J connectivity index is 2.23. The van der Waals surface area contributed by atoms with E-state index in [0.717, 1.165) is 44.2 Å². The molecule has 0 atom stereocenters. The van der Waals surface area contributed by atoms with Gasteiger partial charge < -0.3 is 19.8 Å². The molecule has 37 heavy (non-hydrogen) atoms. The number of thioether (sulfide) groups is 1. The summed E-state index contributed by atoms with van der Waals surface area (Å²) in [5.74, 6) is -2.76. The average molecular weight is 554 g/mol. The highest BCUT2D eigenvalue weighted by atomic mass is 32.3. The molecule has 0 saturated heterocycles. The van der Waals surface area contributed by atoms with Gasteiger partial charge in [0.15, 0.2) is 0 Å². The molecule has 10 heteroatoms. The SMILES string of the molecule is CCCCC1(CCCC)CN(c2ccc(O)cc2)c2cc(SC)c(O/C=C(\F)C(=O)O)cc2S(O)(O)C1. The van der Waals surface area contributed by atoms with Crippen LogP contribution in [-0.4, -0.2) is 43.8 Å². The highest BCUT2D eigenvalue weighted by Gasteiger charge is 2.42. The van der Waals surface area contributed by atoms with Gasteiger partial charge in [0, 0.05) is 29.5 Å². The molecule has 0 fully saturated rings. The first-order valence-electron chi connectivity index (χ1n) is 12.4. The number of aliphatic carboxylic acids is 1. The number of carboxylic acids is 1. The smallest absolute Gasteiger partial charge is 0.368 e. The second kappa shape index (κ2) is 12.4. The van der Waals surface area contributed by atoms with Crippen molar-refractivity contribution in [2.24, 2.45) is 5.41 Å². The monoisotopic (exact) mass is 553 g/mol. The first-order valence-corrected chi connectivity index (χ1v) is 15.3. The van der Waals surface area contributed by atoms with Gasteiger partial charge in [-0.25, -0.2) is 4.79 Å². The second-order valence-corrected chi connectivity index (χ2v) is 12.4. The first-order chi connectivity index (χ1) is 17.6. The number of carboxylic acid groups (broad SMARTS) is 1. The van der Waals surface area contributed by atoms with Crippen LogP contribution in [0.5, 0.6) is 11.5 Å². The molecule has 0 bridgehead atoms. The Hall–Kier alpha value is -2.40. The van der Waals surface area contributed by atoms with Gasteiger partial charge in [-0.3, -0.25) is 9.11 Å². The maximum atomic E-state index is 13.7. The molecule has 4 N–H and O–H groups in total. The number of hydrogen-bond acceptors (Lipinski definition) is 7. The molecule has 204 valence electrons. The number of halogens is 1. The van der Waals surface area contributed by atoms with Crippen molar-refractivity contribution in [3.8, 4) is 11.5 Å². The number of unbranched alkanes of at least 4 members (excludes halogenated alkanes) is 2. The molecule has 0 radical (unpaired) electrons. The fourth-order valence-corrected chi connectivity index (χ4v) is 7.51. The zero-order valence-electron chi connectivity index (χ0n) is 21.4. The van der Waals surface area contributed by atoms with Gasteiger partial charge in [0.2, 0.25) is 5.83 Å². The topological polar surface area (TPSA) is 110 Å². The van der Waals surface area contributed by atoms with E-state index in [0.29, 0.717) is 23.4 Å². The number of hydrogen-bond donors (Lipinski definition) is 4. The molecule has 2 aromatic carbocycles. The summed E-state index contributed by atoms with van der Waals surface area (Å²) < 4.78 is 42.3. The lowest BCUT2D eigenvalue weighted by Crippen LogP contribution is -2.37. The van der Waals surface area contributed by atoms with E-state index in [4.69, 9.17) is 9.84 Å². The molecule has 2 aromatic rings. The molecular formula is C27H36FNO6S2. The number of fused-ring (bicyclic) bond motifs is 1. The Morgan fingerprint density at radius 3 is 2.32 bits per heavy atom. The van der Waals surface area contributed by atoms with Gasteiger partial charge in [-0.05, 0) is 49.4 Å². The molecule has 7 nitrogen and oxygen atoms in total. The number of ether oxygens (including phenoxy) is 1. The quantitative estimate of drug-likeness (QED) is 0.126. The Labute approximate surface area is 223 Å². The summed E-state index contributed by atoms with van der Waals surface area (Å²) in [4.78, 5) is 13.8. The summed E-state index contributed by atoms with van der Waals surface area (Å²) in [6.45, 7) is 4.79. The standard InChI is InChI=1S/C27H36FNO6S2/c1-4-6-12-27(13-7-5-2)17-29(19-8-10-20(30)11-9-19)22-14-24(36-3)23(35-16-21(28)26(31)32)15-25(22)37(33,34)18-27/h8-11,14-16,30,33-34H,4-7,12-13,17-18H2,1-3H3,(H,31,32)/b21-16-. The van der Waals surface area contributed by atoms with Crippen LogP contribution in [0.25, 0.3) is 0 Å². The van der Waals surface area contributed by atoms with Crippen molar-refractivity contribution in [1.82, 2.24) is 0 Å². The summed E-state index contributed by atoms with van der Waals surface area (Å²) in [6, 6.07) is 10.1. The van der Waals surface area contributed by atoms with Crippen LogP contribution in [0.1, 0.15) is 52.4 Å². The number of rotatable bonds is 11. The van der Waals surface area contributed by atoms with Crippen molar-refractivity contribution in [3.05, 3.63) is 48.5 Å². The van der Waals surface area contributed by atoms with Crippen LogP contribution in [0.3, 0.4) is 0 Å². The normalized spacial score (nSPS) is 17.6. The largest absolute Gasteiger partial charge is 0.508 e. The highest BCUT2D eigenvalue weighted by Crippen LogP contribution is 2.62. The lowest BCUT2D eigenvalue weighted by atomic mass is 9.79. The maximum Gasteiger partial charge on any atom is 0.368 e. The Bertz CT molecular complexity index is 1110. The van der Waals surface area contributed by atoms with E-state index in [1.807, 2.05) is 0 Å². The summed E-state index contributed by atoms with van der Waals surface area (Å²) >= 11 is 1.32. The summed E-state index contributed by atoms with van der Waals surface area (Å²) in [7, 11) is -3.31. The zero-order valence-corrected chi connectivity index (χ0v) is 23.1. The minimum atomic E-state index is -3.31. The number of phenols is 1. The van der Waals surface area contributed by atoms with Crippen molar-refractivity contribution >= 4 is 39.7 Å². The van der Waals surface area contributed by atoms with Crippen LogP contribution in [0.15, 0.2) is 58.3 Å². The third-order valence-corrected chi connectivity index (χ3v) is 9.47. The first kappa shape index (κ1) is 29.2. The number of anilines is 2. The van der Waals surface area contributed by atoms with Crippen LogP contribution in [0, 0.1) is 5.41 Å². The van der Waals surface area contributed by atoms with Gasteiger partial charge in [-0.2, -0.15) is 15.0 Å². The molecule has 0 aliphatic carbocycles. The van der Waals surface area contributed by atoms with Crippen molar-refractivity contribution < 1.29 is 33.2 Å². The Morgan fingerprint density at radius 1 is 1.16 bits per heavy atom. The molecule has 0 aromatic heterocycles. The summed E-state index contributed by atoms with van der Waals surface area (Å²) in [5, 5.41) is 18.7. The Morgan fingerprint density at radius 2 is 1.78 bits per heavy atom. The predicted octanol–water partition coefficient (Wildman–Crippen LogP) is 8.02.